The standard InChI is InChI=1S/C6H12NO2/c1-2-3-6(4-8)7-5-9/h6,8H,2-4H2,1H3,(H,7,9). The summed E-state index contributed by atoms with van der Waals surface area (Å²) in [6.07, 6.45) is 3.31. The van der Waals surface area contributed by atoms with Crippen LogP contribution in [0, 0.1) is 0 Å². The predicted octanol–water partition coefficient (Wildman–Crippen LogP) is -0.196. The highest BCUT2D eigenvalue weighted by atomic mass is 16.3. The van der Waals surface area contributed by atoms with Gasteiger partial charge in [-0.1, -0.05) is 13.3 Å². The quantitative estimate of drug-likeness (QED) is 0.506. The van der Waals surface area contributed by atoms with Crippen molar-refractivity contribution >= 4 is 6.41 Å². The third-order valence-electron chi connectivity index (χ3n) is 1.12. The molecule has 0 aliphatic carbocycles. The number of hydrogen-bond acceptors (Lipinski definition) is 2. The fraction of sp³-hybridized carbons (Fsp3) is 0.833. The lowest BCUT2D eigenvalue weighted by molar-refractivity contribution is 0.247. The number of rotatable bonds is 5. The first-order valence-electron chi connectivity index (χ1n) is 3.08. The van der Waals surface area contributed by atoms with Gasteiger partial charge < -0.3 is 10.4 Å². The van der Waals surface area contributed by atoms with E-state index >= 15 is 0 Å². The molecule has 1 radical (unpaired) electrons. The van der Waals surface area contributed by atoms with Crippen LogP contribution < -0.4 is 5.32 Å². The Balaban J connectivity index is 3.28. The second-order valence-electron chi connectivity index (χ2n) is 1.91. The van der Waals surface area contributed by atoms with Crippen LogP contribution in [0.15, 0.2) is 0 Å². The van der Waals surface area contributed by atoms with Gasteiger partial charge in [-0.15, -0.1) is 0 Å². The van der Waals surface area contributed by atoms with Gasteiger partial charge in [0, 0.05) is 0 Å². The Labute approximate surface area is 55.1 Å². The SMILES string of the molecule is CCCC(CO)N[C]=O. The van der Waals surface area contributed by atoms with Crippen molar-refractivity contribution in [3.8, 4) is 0 Å². The first-order valence-corrected chi connectivity index (χ1v) is 3.08. The number of hydrogen-bond donors (Lipinski definition) is 2. The van der Waals surface area contributed by atoms with Crippen molar-refractivity contribution < 1.29 is 9.90 Å². The van der Waals surface area contributed by atoms with E-state index in [1.54, 1.807) is 6.41 Å². The molecule has 53 valence electrons. The lowest BCUT2D eigenvalue weighted by Gasteiger charge is -2.09. The zero-order valence-corrected chi connectivity index (χ0v) is 5.55. The smallest absolute Gasteiger partial charge is 0.309 e. The Morgan fingerprint density at radius 2 is 2.44 bits per heavy atom. The zero-order valence-electron chi connectivity index (χ0n) is 5.55. The summed E-state index contributed by atoms with van der Waals surface area (Å²) in [5, 5.41) is 10.9. The van der Waals surface area contributed by atoms with Crippen LogP contribution in [0.5, 0.6) is 0 Å². The topological polar surface area (TPSA) is 49.3 Å². The summed E-state index contributed by atoms with van der Waals surface area (Å²) in [6, 6.07) is -0.104. The molecule has 9 heavy (non-hydrogen) atoms. The minimum atomic E-state index is -0.104. The van der Waals surface area contributed by atoms with Gasteiger partial charge in [0.25, 0.3) is 0 Å². The van der Waals surface area contributed by atoms with E-state index in [9.17, 15) is 4.79 Å². The monoisotopic (exact) mass is 130 g/mol. The van der Waals surface area contributed by atoms with E-state index in [1.807, 2.05) is 6.92 Å². The molecule has 0 saturated carbocycles. The molecule has 0 rings (SSSR count). The van der Waals surface area contributed by atoms with Crippen molar-refractivity contribution in [2.45, 2.75) is 25.8 Å². The third-order valence-corrected chi connectivity index (χ3v) is 1.12. The van der Waals surface area contributed by atoms with Crippen molar-refractivity contribution in [1.82, 2.24) is 5.32 Å². The fourth-order valence-electron chi connectivity index (χ4n) is 0.641. The van der Waals surface area contributed by atoms with E-state index in [0.717, 1.165) is 12.8 Å². The molecule has 2 N–H and O–H groups in total. The number of amides is 1. The molecule has 0 bridgehead atoms. The maximum Gasteiger partial charge on any atom is 0.309 e. The Morgan fingerprint density at radius 3 is 2.78 bits per heavy atom. The largest absolute Gasteiger partial charge is 0.394 e. The molecular formula is C6H12NO2. The second-order valence-corrected chi connectivity index (χ2v) is 1.91. The van der Waals surface area contributed by atoms with Gasteiger partial charge in [0.05, 0.1) is 12.6 Å². The number of aliphatic hydroxyl groups excluding tert-OH is 1. The highest BCUT2D eigenvalue weighted by Crippen LogP contribution is 1.92. The van der Waals surface area contributed by atoms with Crippen LogP contribution >= 0.6 is 0 Å². The van der Waals surface area contributed by atoms with Crippen molar-refractivity contribution in [2.75, 3.05) is 6.61 Å². The maximum absolute atomic E-state index is 9.70. The van der Waals surface area contributed by atoms with Crippen LogP contribution in [-0.4, -0.2) is 24.2 Å². The minimum Gasteiger partial charge on any atom is -0.394 e. The van der Waals surface area contributed by atoms with E-state index in [-0.39, 0.29) is 12.6 Å². The van der Waals surface area contributed by atoms with Gasteiger partial charge in [-0.2, -0.15) is 0 Å². The van der Waals surface area contributed by atoms with Gasteiger partial charge >= 0.3 is 6.41 Å². The second kappa shape index (κ2) is 5.56. The van der Waals surface area contributed by atoms with Crippen molar-refractivity contribution in [3.05, 3.63) is 0 Å². The van der Waals surface area contributed by atoms with Gasteiger partial charge in [-0.3, -0.25) is 4.79 Å². The molecule has 0 aromatic carbocycles. The highest BCUT2D eigenvalue weighted by Gasteiger charge is 2.01. The molecule has 0 aliphatic rings. The highest BCUT2D eigenvalue weighted by molar-refractivity contribution is 5.47. The normalized spacial score (nSPS) is 12.7. The van der Waals surface area contributed by atoms with E-state index in [4.69, 9.17) is 5.11 Å². The molecule has 0 aromatic heterocycles. The third kappa shape index (κ3) is 3.97. The van der Waals surface area contributed by atoms with Gasteiger partial charge in [0.2, 0.25) is 0 Å². The first-order chi connectivity index (χ1) is 4.35. The number of carbonyl (C=O) groups excluding carboxylic acids is 1. The van der Waals surface area contributed by atoms with Gasteiger partial charge in [-0.25, -0.2) is 0 Å². The van der Waals surface area contributed by atoms with Gasteiger partial charge in [-0.05, 0) is 6.42 Å². The van der Waals surface area contributed by atoms with Crippen molar-refractivity contribution in [1.29, 1.82) is 0 Å². The lowest BCUT2D eigenvalue weighted by atomic mass is 10.2. The van der Waals surface area contributed by atoms with E-state index < -0.39 is 0 Å². The molecule has 1 amide bonds. The van der Waals surface area contributed by atoms with E-state index in [2.05, 4.69) is 5.32 Å². The molecule has 0 aromatic rings. The summed E-state index contributed by atoms with van der Waals surface area (Å²) in [5.74, 6) is 0. The predicted molar refractivity (Wildman–Crippen MR) is 34.6 cm³/mol. The Kier molecular flexibility index (Phi) is 5.21. The molecule has 1 atom stereocenters. The summed E-state index contributed by atoms with van der Waals surface area (Å²) in [7, 11) is 0. The number of nitrogens with one attached hydrogen (secondary N) is 1. The molecule has 0 fully saturated rings. The molecule has 3 nitrogen and oxygen atoms in total. The van der Waals surface area contributed by atoms with Crippen LogP contribution in [0.3, 0.4) is 0 Å². The Hall–Kier alpha value is -0.570. The van der Waals surface area contributed by atoms with Crippen LogP contribution in [0.2, 0.25) is 0 Å². The molecule has 0 heterocycles. The van der Waals surface area contributed by atoms with Crippen molar-refractivity contribution in [2.24, 2.45) is 0 Å². The number of aliphatic hydroxyl groups is 1. The molecule has 3 heteroatoms. The molecular weight excluding hydrogens is 118 g/mol. The average molecular weight is 130 g/mol. The molecule has 0 spiro atoms. The average Bonchev–Trinajstić information content (AvgIpc) is 1.88. The maximum atomic E-state index is 9.70. The van der Waals surface area contributed by atoms with Gasteiger partial charge in [0.1, 0.15) is 0 Å². The van der Waals surface area contributed by atoms with Crippen molar-refractivity contribution in [3.63, 3.8) is 0 Å². The van der Waals surface area contributed by atoms with Gasteiger partial charge in [0.15, 0.2) is 0 Å². The molecule has 1 unspecified atom stereocenters. The Morgan fingerprint density at radius 1 is 1.78 bits per heavy atom. The zero-order chi connectivity index (χ0) is 7.11. The van der Waals surface area contributed by atoms with E-state index in [0.29, 0.717) is 0 Å². The van der Waals surface area contributed by atoms with E-state index in [1.165, 1.54) is 0 Å². The van der Waals surface area contributed by atoms with Crippen LogP contribution in [0.1, 0.15) is 19.8 Å². The van der Waals surface area contributed by atoms with Crippen LogP contribution in [0.4, 0.5) is 0 Å². The summed E-state index contributed by atoms with van der Waals surface area (Å²) in [5.41, 5.74) is 0. The van der Waals surface area contributed by atoms with Crippen LogP contribution in [-0.2, 0) is 4.79 Å². The fourth-order valence-corrected chi connectivity index (χ4v) is 0.641. The minimum absolute atomic E-state index is 0.00306. The lowest BCUT2D eigenvalue weighted by Crippen LogP contribution is -2.30. The summed E-state index contributed by atoms with van der Waals surface area (Å²) >= 11 is 0. The summed E-state index contributed by atoms with van der Waals surface area (Å²) in [6.45, 7) is 2.00. The Bertz CT molecular complexity index is 75.5. The molecule has 0 saturated heterocycles. The summed E-state index contributed by atoms with van der Waals surface area (Å²) < 4.78 is 0. The van der Waals surface area contributed by atoms with Crippen LogP contribution in [0.25, 0.3) is 0 Å². The molecule has 0 aliphatic heterocycles. The summed E-state index contributed by atoms with van der Waals surface area (Å²) in [4.78, 5) is 9.70. The first kappa shape index (κ1) is 8.43.